The van der Waals surface area contributed by atoms with Gasteiger partial charge in [-0.1, -0.05) is 49.2 Å². The largest absolute Gasteiger partial charge is 0.508 e. The molecule has 0 aromatic heterocycles. The number of aromatic hydroxyl groups is 2. The van der Waals surface area contributed by atoms with Crippen LogP contribution in [-0.4, -0.2) is 10.2 Å². The average molecular weight is 339 g/mol. The van der Waals surface area contributed by atoms with Crippen LogP contribution in [0.3, 0.4) is 0 Å². The standard InChI is InChI=1S/C18H20Cl2O2/c1-3-13(15-7-5-11(21)9-17(15)19)14(4-2)16-8-6-12(22)10-18(16)20/h5-10,13-14,21-22H,3-4H2,1-2H3/t13-,14+. The predicted octanol–water partition coefficient (Wildman–Crippen LogP) is 6.09. The van der Waals surface area contributed by atoms with Gasteiger partial charge in [0.15, 0.2) is 0 Å². The summed E-state index contributed by atoms with van der Waals surface area (Å²) in [6.45, 7) is 4.23. The van der Waals surface area contributed by atoms with E-state index < -0.39 is 0 Å². The van der Waals surface area contributed by atoms with E-state index in [4.69, 9.17) is 23.2 Å². The molecular formula is C18H20Cl2O2. The summed E-state index contributed by atoms with van der Waals surface area (Å²) in [5.41, 5.74) is 2.02. The van der Waals surface area contributed by atoms with Crippen molar-refractivity contribution in [3.05, 3.63) is 57.6 Å². The number of phenols is 2. The molecule has 0 bridgehead atoms. The first-order valence-electron chi connectivity index (χ1n) is 7.44. The van der Waals surface area contributed by atoms with Crippen molar-refractivity contribution in [2.24, 2.45) is 0 Å². The molecule has 2 atom stereocenters. The Morgan fingerprint density at radius 1 is 0.773 bits per heavy atom. The molecule has 0 fully saturated rings. The van der Waals surface area contributed by atoms with Crippen LogP contribution in [0.15, 0.2) is 36.4 Å². The maximum absolute atomic E-state index is 9.55. The maximum Gasteiger partial charge on any atom is 0.117 e. The molecule has 0 aliphatic carbocycles. The third-order valence-corrected chi connectivity index (χ3v) is 4.79. The number of hydrogen-bond acceptors (Lipinski definition) is 2. The van der Waals surface area contributed by atoms with E-state index in [-0.39, 0.29) is 23.3 Å². The van der Waals surface area contributed by atoms with E-state index in [0.29, 0.717) is 10.0 Å². The molecule has 0 aliphatic heterocycles. The number of hydrogen-bond donors (Lipinski definition) is 2. The van der Waals surface area contributed by atoms with Crippen LogP contribution in [0, 0.1) is 0 Å². The van der Waals surface area contributed by atoms with Crippen LogP contribution in [0.1, 0.15) is 49.7 Å². The molecule has 0 amide bonds. The smallest absolute Gasteiger partial charge is 0.117 e. The van der Waals surface area contributed by atoms with Crippen LogP contribution in [-0.2, 0) is 0 Å². The number of phenolic OH excluding ortho intramolecular Hbond substituents is 2. The van der Waals surface area contributed by atoms with Gasteiger partial charge in [0.05, 0.1) is 0 Å². The summed E-state index contributed by atoms with van der Waals surface area (Å²) < 4.78 is 0. The lowest BCUT2D eigenvalue weighted by molar-refractivity contribution is 0.470. The third-order valence-electron chi connectivity index (χ3n) is 4.13. The predicted molar refractivity (Wildman–Crippen MR) is 92.3 cm³/mol. The number of halogens is 2. The van der Waals surface area contributed by atoms with E-state index in [1.165, 1.54) is 0 Å². The van der Waals surface area contributed by atoms with Crippen LogP contribution in [0.5, 0.6) is 11.5 Å². The minimum Gasteiger partial charge on any atom is -0.508 e. The summed E-state index contributed by atoms with van der Waals surface area (Å²) in [6, 6.07) is 10.2. The van der Waals surface area contributed by atoms with Gasteiger partial charge in [0.25, 0.3) is 0 Å². The van der Waals surface area contributed by atoms with Gasteiger partial charge >= 0.3 is 0 Å². The van der Waals surface area contributed by atoms with E-state index in [9.17, 15) is 10.2 Å². The molecule has 0 saturated heterocycles. The highest BCUT2D eigenvalue weighted by molar-refractivity contribution is 6.32. The Balaban J connectivity index is 2.46. The monoisotopic (exact) mass is 338 g/mol. The van der Waals surface area contributed by atoms with Gasteiger partial charge in [0, 0.05) is 10.0 Å². The molecule has 2 N–H and O–H groups in total. The Morgan fingerprint density at radius 3 is 1.41 bits per heavy atom. The molecule has 0 saturated carbocycles. The highest BCUT2D eigenvalue weighted by Gasteiger charge is 2.25. The van der Waals surface area contributed by atoms with Gasteiger partial charge in [-0.25, -0.2) is 0 Å². The van der Waals surface area contributed by atoms with Crippen molar-refractivity contribution in [3.8, 4) is 11.5 Å². The zero-order valence-electron chi connectivity index (χ0n) is 12.7. The second kappa shape index (κ2) is 7.26. The minimum absolute atomic E-state index is 0.166. The van der Waals surface area contributed by atoms with Crippen LogP contribution in [0.2, 0.25) is 10.0 Å². The molecule has 2 rings (SSSR count). The van der Waals surface area contributed by atoms with Crippen molar-refractivity contribution in [2.75, 3.05) is 0 Å². The van der Waals surface area contributed by atoms with Gasteiger partial charge in [-0.05, 0) is 60.1 Å². The van der Waals surface area contributed by atoms with Gasteiger partial charge in [0.2, 0.25) is 0 Å². The first-order valence-corrected chi connectivity index (χ1v) is 8.20. The summed E-state index contributed by atoms with van der Waals surface area (Å²) in [5.74, 6) is 0.721. The van der Waals surface area contributed by atoms with E-state index in [0.717, 1.165) is 24.0 Å². The molecule has 22 heavy (non-hydrogen) atoms. The van der Waals surface area contributed by atoms with E-state index >= 15 is 0 Å². The Labute approximate surface area is 141 Å². The summed E-state index contributed by atoms with van der Waals surface area (Å²) in [6.07, 6.45) is 1.81. The summed E-state index contributed by atoms with van der Waals surface area (Å²) >= 11 is 12.6. The molecular weight excluding hydrogens is 319 g/mol. The maximum atomic E-state index is 9.55. The van der Waals surface area contributed by atoms with Crippen molar-refractivity contribution in [1.29, 1.82) is 0 Å². The Hall–Kier alpha value is -1.38. The fourth-order valence-corrected chi connectivity index (χ4v) is 3.71. The molecule has 4 heteroatoms. The van der Waals surface area contributed by atoms with Gasteiger partial charge in [-0.15, -0.1) is 0 Å². The quantitative estimate of drug-likeness (QED) is 0.692. The molecule has 2 nitrogen and oxygen atoms in total. The fourth-order valence-electron chi connectivity index (χ4n) is 3.08. The Morgan fingerprint density at radius 2 is 1.14 bits per heavy atom. The normalized spacial score (nSPS) is 13.8. The second-order valence-electron chi connectivity index (χ2n) is 5.44. The summed E-state index contributed by atoms with van der Waals surface area (Å²) in [5, 5.41) is 20.2. The van der Waals surface area contributed by atoms with E-state index in [2.05, 4.69) is 13.8 Å². The average Bonchev–Trinajstić information content (AvgIpc) is 2.47. The van der Waals surface area contributed by atoms with Crippen LogP contribution >= 0.6 is 23.2 Å². The third kappa shape index (κ3) is 3.50. The van der Waals surface area contributed by atoms with Gasteiger partial charge in [0.1, 0.15) is 11.5 Å². The molecule has 0 heterocycles. The van der Waals surface area contributed by atoms with Crippen LogP contribution < -0.4 is 0 Å². The molecule has 0 aliphatic rings. The van der Waals surface area contributed by atoms with Gasteiger partial charge in [-0.3, -0.25) is 0 Å². The zero-order chi connectivity index (χ0) is 16.3. The summed E-state index contributed by atoms with van der Waals surface area (Å²) in [7, 11) is 0. The van der Waals surface area contributed by atoms with Crippen molar-refractivity contribution in [1.82, 2.24) is 0 Å². The van der Waals surface area contributed by atoms with Crippen LogP contribution in [0.25, 0.3) is 0 Å². The van der Waals surface area contributed by atoms with E-state index in [1.54, 1.807) is 24.3 Å². The molecule has 2 aromatic rings. The minimum atomic E-state index is 0.166. The lowest BCUT2D eigenvalue weighted by Crippen LogP contribution is -2.11. The molecule has 118 valence electrons. The lowest BCUT2D eigenvalue weighted by atomic mass is 9.78. The van der Waals surface area contributed by atoms with Crippen LogP contribution in [0.4, 0.5) is 0 Å². The Kier molecular flexibility index (Phi) is 5.60. The molecule has 0 unspecified atom stereocenters. The van der Waals surface area contributed by atoms with Gasteiger partial charge < -0.3 is 10.2 Å². The van der Waals surface area contributed by atoms with Crippen molar-refractivity contribution >= 4 is 23.2 Å². The number of rotatable bonds is 5. The van der Waals surface area contributed by atoms with Crippen molar-refractivity contribution < 1.29 is 10.2 Å². The van der Waals surface area contributed by atoms with Crippen molar-refractivity contribution in [2.45, 2.75) is 38.5 Å². The number of benzene rings is 2. The molecule has 0 spiro atoms. The zero-order valence-corrected chi connectivity index (χ0v) is 14.2. The highest BCUT2D eigenvalue weighted by Crippen LogP contribution is 2.43. The van der Waals surface area contributed by atoms with Gasteiger partial charge in [-0.2, -0.15) is 0 Å². The van der Waals surface area contributed by atoms with E-state index in [1.807, 2.05) is 12.1 Å². The Bertz CT molecular complexity index is 598. The molecule has 2 aromatic carbocycles. The fraction of sp³-hybridized carbons (Fsp3) is 0.333. The lowest BCUT2D eigenvalue weighted by Gasteiger charge is -2.28. The SMILES string of the molecule is CC[C@H](c1ccc(O)cc1Cl)[C@@H](CC)c1ccc(O)cc1Cl. The second-order valence-corrected chi connectivity index (χ2v) is 6.26. The highest BCUT2D eigenvalue weighted by atomic mass is 35.5. The summed E-state index contributed by atoms with van der Waals surface area (Å²) in [4.78, 5) is 0. The first-order chi connectivity index (χ1) is 10.5. The molecule has 0 radical (unpaired) electrons. The topological polar surface area (TPSA) is 40.5 Å². The van der Waals surface area contributed by atoms with Crippen molar-refractivity contribution in [3.63, 3.8) is 0 Å². The first kappa shape index (κ1) is 17.0.